The van der Waals surface area contributed by atoms with Crippen molar-refractivity contribution < 1.29 is 0 Å². The number of nitrogens with two attached hydrogens (primary N) is 1. The van der Waals surface area contributed by atoms with Crippen molar-refractivity contribution in [2.24, 2.45) is 0 Å². The molecule has 2 aromatic rings. The predicted molar refractivity (Wildman–Crippen MR) is 78.0 cm³/mol. The van der Waals surface area contributed by atoms with E-state index in [0.29, 0.717) is 5.02 Å². The van der Waals surface area contributed by atoms with Gasteiger partial charge in [-0.2, -0.15) is 0 Å². The van der Waals surface area contributed by atoms with Crippen LogP contribution in [-0.4, -0.2) is 0 Å². The van der Waals surface area contributed by atoms with E-state index in [9.17, 15) is 0 Å². The summed E-state index contributed by atoms with van der Waals surface area (Å²) in [6.45, 7) is 2.01. The van der Waals surface area contributed by atoms with Gasteiger partial charge in [0, 0.05) is 9.50 Å². The SMILES string of the molecule is Cc1cccc(N)c1Nc1cc(Cl)ccc1Br. The first kappa shape index (κ1) is 12.3. The van der Waals surface area contributed by atoms with E-state index in [1.165, 1.54) is 0 Å². The molecule has 2 rings (SSSR count). The number of aryl methyl sites for hydroxylation is 1. The Morgan fingerprint density at radius 2 is 2.00 bits per heavy atom. The van der Waals surface area contributed by atoms with Gasteiger partial charge in [0.15, 0.2) is 0 Å². The van der Waals surface area contributed by atoms with Gasteiger partial charge in [0.2, 0.25) is 0 Å². The maximum Gasteiger partial charge on any atom is 0.0647 e. The van der Waals surface area contributed by atoms with E-state index in [1.807, 2.05) is 43.3 Å². The molecule has 3 N–H and O–H groups in total. The molecule has 17 heavy (non-hydrogen) atoms. The molecule has 0 bridgehead atoms. The minimum atomic E-state index is 0.683. The molecular weight excluding hydrogens is 300 g/mol. The van der Waals surface area contributed by atoms with Crippen molar-refractivity contribution in [3.63, 3.8) is 0 Å². The first-order valence-corrected chi connectivity index (χ1v) is 6.32. The average molecular weight is 312 g/mol. The fourth-order valence-electron chi connectivity index (χ4n) is 1.59. The molecule has 0 aliphatic rings. The second-order valence-corrected chi connectivity index (χ2v) is 5.08. The van der Waals surface area contributed by atoms with E-state index in [4.69, 9.17) is 17.3 Å². The second kappa shape index (κ2) is 4.98. The Bertz CT molecular complexity index is 535. The third-order valence-electron chi connectivity index (χ3n) is 2.49. The second-order valence-electron chi connectivity index (χ2n) is 3.79. The minimum absolute atomic E-state index is 0.683. The van der Waals surface area contributed by atoms with Crippen molar-refractivity contribution >= 4 is 44.6 Å². The molecule has 0 aromatic heterocycles. The number of nitrogens with one attached hydrogen (secondary N) is 1. The highest BCUT2D eigenvalue weighted by Crippen LogP contribution is 2.32. The Balaban J connectivity index is 2.41. The van der Waals surface area contributed by atoms with Crippen molar-refractivity contribution in [3.05, 3.63) is 51.5 Å². The van der Waals surface area contributed by atoms with E-state index in [-0.39, 0.29) is 0 Å². The Morgan fingerprint density at radius 1 is 1.24 bits per heavy atom. The number of halogens is 2. The Labute approximate surface area is 114 Å². The largest absolute Gasteiger partial charge is 0.397 e. The number of anilines is 3. The van der Waals surface area contributed by atoms with Gasteiger partial charge in [0.05, 0.1) is 17.1 Å². The monoisotopic (exact) mass is 310 g/mol. The molecule has 0 saturated heterocycles. The summed E-state index contributed by atoms with van der Waals surface area (Å²) in [6.07, 6.45) is 0. The molecule has 2 nitrogen and oxygen atoms in total. The summed E-state index contributed by atoms with van der Waals surface area (Å²) in [4.78, 5) is 0. The number of nitrogen functional groups attached to an aromatic ring is 1. The van der Waals surface area contributed by atoms with E-state index in [2.05, 4.69) is 21.2 Å². The van der Waals surface area contributed by atoms with Crippen LogP contribution in [0, 0.1) is 6.92 Å². The van der Waals surface area contributed by atoms with E-state index >= 15 is 0 Å². The van der Waals surface area contributed by atoms with Crippen LogP contribution in [0.4, 0.5) is 17.1 Å². The van der Waals surface area contributed by atoms with Crippen LogP contribution in [0.25, 0.3) is 0 Å². The number of rotatable bonds is 2. The van der Waals surface area contributed by atoms with Crippen molar-refractivity contribution in [1.29, 1.82) is 0 Å². The molecule has 2 aromatic carbocycles. The zero-order valence-electron chi connectivity index (χ0n) is 9.30. The quantitative estimate of drug-likeness (QED) is 0.786. The molecule has 4 heteroatoms. The summed E-state index contributed by atoms with van der Waals surface area (Å²) in [6, 6.07) is 11.4. The topological polar surface area (TPSA) is 38.0 Å². The summed E-state index contributed by atoms with van der Waals surface area (Å²) in [5.74, 6) is 0. The molecule has 0 saturated carbocycles. The molecule has 0 aliphatic carbocycles. The minimum Gasteiger partial charge on any atom is -0.397 e. The molecule has 0 unspecified atom stereocenters. The van der Waals surface area contributed by atoms with Crippen LogP contribution in [0.2, 0.25) is 5.02 Å². The van der Waals surface area contributed by atoms with Crippen LogP contribution in [-0.2, 0) is 0 Å². The molecule has 0 fully saturated rings. The molecule has 88 valence electrons. The van der Waals surface area contributed by atoms with Crippen LogP contribution < -0.4 is 11.1 Å². The standard InChI is InChI=1S/C13H12BrClN2/c1-8-3-2-4-11(16)13(8)17-12-7-9(15)5-6-10(12)14/h2-7,17H,16H2,1H3. The number of hydrogen-bond acceptors (Lipinski definition) is 2. The fraction of sp³-hybridized carbons (Fsp3) is 0.0769. The molecule has 0 amide bonds. The number of hydrogen-bond donors (Lipinski definition) is 2. The molecule has 0 aliphatic heterocycles. The summed E-state index contributed by atoms with van der Waals surface area (Å²) in [5, 5.41) is 3.98. The third kappa shape index (κ3) is 2.73. The lowest BCUT2D eigenvalue weighted by Crippen LogP contribution is -1.99. The zero-order valence-corrected chi connectivity index (χ0v) is 11.6. The van der Waals surface area contributed by atoms with Crippen LogP contribution in [0.3, 0.4) is 0 Å². The molecule has 0 heterocycles. The van der Waals surface area contributed by atoms with Gasteiger partial charge in [0.1, 0.15) is 0 Å². The molecule has 0 atom stereocenters. The van der Waals surface area contributed by atoms with Gasteiger partial charge in [-0.25, -0.2) is 0 Å². The van der Waals surface area contributed by atoms with Crippen LogP contribution in [0.15, 0.2) is 40.9 Å². The smallest absolute Gasteiger partial charge is 0.0647 e. The van der Waals surface area contributed by atoms with Crippen LogP contribution in [0.5, 0.6) is 0 Å². The van der Waals surface area contributed by atoms with Crippen molar-refractivity contribution in [2.45, 2.75) is 6.92 Å². The summed E-state index contributed by atoms with van der Waals surface area (Å²) < 4.78 is 0.949. The van der Waals surface area contributed by atoms with Gasteiger partial charge in [-0.15, -0.1) is 0 Å². The zero-order chi connectivity index (χ0) is 12.4. The average Bonchev–Trinajstić information content (AvgIpc) is 2.28. The highest BCUT2D eigenvalue weighted by molar-refractivity contribution is 9.10. The Hall–Kier alpha value is -1.19. The van der Waals surface area contributed by atoms with Crippen molar-refractivity contribution in [1.82, 2.24) is 0 Å². The summed E-state index contributed by atoms with van der Waals surface area (Å²) in [7, 11) is 0. The highest BCUT2D eigenvalue weighted by Gasteiger charge is 2.06. The van der Waals surface area contributed by atoms with Crippen LogP contribution in [0.1, 0.15) is 5.56 Å². The van der Waals surface area contributed by atoms with Gasteiger partial charge in [-0.3, -0.25) is 0 Å². The van der Waals surface area contributed by atoms with Gasteiger partial charge in [-0.05, 0) is 52.7 Å². The van der Waals surface area contributed by atoms with E-state index in [0.717, 1.165) is 27.1 Å². The predicted octanol–water partition coefficient (Wildman–Crippen LogP) is 4.74. The lowest BCUT2D eigenvalue weighted by molar-refractivity contribution is 1.42. The van der Waals surface area contributed by atoms with Gasteiger partial charge >= 0.3 is 0 Å². The lowest BCUT2D eigenvalue weighted by Gasteiger charge is -2.13. The fourth-order valence-corrected chi connectivity index (χ4v) is 2.11. The maximum atomic E-state index is 5.97. The van der Waals surface area contributed by atoms with E-state index < -0.39 is 0 Å². The third-order valence-corrected chi connectivity index (χ3v) is 3.42. The van der Waals surface area contributed by atoms with E-state index in [1.54, 1.807) is 0 Å². The van der Waals surface area contributed by atoms with Crippen molar-refractivity contribution in [2.75, 3.05) is 11.1 Å². The maximum absolute atomic E-state index is 5.97. The molecule has 0 spiro atoms. The van der Waals surface area contributed by atoms with Gasteiger partial charge < -0.3 is 11.1 Å². The van der Waals surface area contributed by atoms with Crippen LogP contribution >= 0.6 is 27.5 Å². The highest BCUT2D eigenvalue weighted by atomic mass is 79.9. The number of benzene rings is 2. The first-order valence-electron chi connectivity index (χ1n) is 5.15. The Kier molecular flexibility index (Phi) is 3.60. The molecular formula is C13H12BrClN2. The molecule has 0 radical (unpaired) electrons. The normalized spacial score (nSPS) is 10.3. The Morgan fingerprint density at radius 3 is 2.71 bits per heavy atom. The number of para-hydroxylation sites is 1. The van der Waals surface area contributed by atoms with Crippen molar-refractivity contribution in [3.8, 4) is 0 Å². The van der Waals surface area contributed by atoms with Gasteiger partial charge in [0.25, 0.3) is 0 Å². The lowest BCUT2D eigenvalue weighted by atomic mass is 10.1. The summed E-state index contributed by atoms with van der Waals surface area (Å²) in [5.41, 5.74) is 9.57. The van der Waals surface area contributed by atoms with Gasteiger partial charge in [-0.1, -0.05) is 23.7 Å². The first-order chi connectivity index (χ1) is 8.08. The summed E-state index contributed by atoms with van der Waals surface area (Å²) >= 11 is 9.45.